The first kappa shape index (κ1) is 11.3. The summed E-state index contributed by atoms with van der Waals surface area (Å²) in [6.45, 7) is 1.47. The molecule has 0 saturated carbocycles. The van der Waals surface area contributed by atoms with Crippen molar-refractivity contribution >= 4 is 15.9 Å². The third kappa shape index (κ3) is 2.48. The molecule has 0 unspecified atom stereocenters. The Morgan fingerprint density at radius 1 is 1.38 bits per heavy atom. The van der Waals surface area contributed by atoms with E-state index >= 15 is 0 Å². The van der Waals surface area contributed by atoms with Crippen molar-refractivity contribution in [3.05, 3.63) is 34.9 Å². The molecule has 0 amide bonds. The molecule has 5 heteroatoms. The lowest BCUT2D eigenvalue weighted by molar-refractivity contribution is 0.569. The summed E-state index contributed by atoms with van der Waals surface area (Å²) in [5.74, 6) is 0. The smallest absolute Gasteiger partial charge is 0.0885 e. The van der Waals surface area contributed by atoms with Gasteiger partial charge in [0, 0.05) is 16.6 Å². The van der Waals surface area contributed by atoms with Gasteiger partial charge in [-0.05, 0) is 25.1 Å². The molecular formula is C11H13BrN4. The molecule has 0 aliphatic heterocycles. The molecule has 2 rings (SSSR count). The van der Waals surface area contributed by atoms with Crippen LogP contribution in [-0.2, 0) is 6.54 Å². The summed E-state index contributed by atoms with van der Waals surface area (Å²) in [5, 5.41) is 7.99. The first-order valence-electron chi connectivity index (χ1n) is 5.16. The number of hydrogen-bond acceptors (Lipinski definition) is 3. The zero-order valence-electron chi connectivity index (χ0n) is 8.81. The maximum absolute atomic E-state index is 5.49. The van der Waals surface area contributed by atoms with Crippen molar-refractivity contribution in [2.45, 2.75) is 13.0 Å². The zero-order chi connectivity index (χ0) is 11.4. The number of aryl methyl sites for hydroxylation is 1. The molecule has 4 nitrogen and oxygen atoms in total. The van der Waals surface area contributed by atoms with E-state index in [-0.39, 0.29) is 0 Å². The summed E-state index contributed by atoms with van der Waals surface area (Å²) in [6, 6.07) is 8.09. The second kappa shape index (κ2) is 5.23. The normalized spacial score (nSPS) is 10.6. The number of nitrogens with zero attached hydrogens (tertiary/aromatic N) is 3. The number of hydrogen-bond donors (Lipinski definition) is 1. The third-order valence-corrected chi connectivity index (χ3v) is 2.81. The van der Waals surface area contributed by atoms with Gasteiger partial charge in [-0.15, -0.1) is 5.10 Å². The van der Waals surface area contributed by atoms with E-state index in [0.29, 0.717) is 6.54 Å². The molecule has 0 fully saturated rings. The van der Waals surface area contributed by atoms with Crippen molar-refractivity contribution in [2.75, 3.05) is 6.54 Å². The molecule has 0 saturated heterocycles. The molecule has 2 N–H and O–H groups in total. The predicted molar refractivity (Wildman–Crippen MR) is 66.8 cm³/mol. The highest BCUT2D eigenvalue weighted by molar-refractivity contribution is 9.10. The Hall–Kier alpha value is -1.20. The quantitative estimate of drug-likeness (QED) is 0.933. The van der Waals surface area contributed by atoms with Crippen molar-refractivity contribution in [3.8, 4) is 11.3 Å². The minimum atomic E-state index is 0.664. The molecule has 0 bridgehead atoms. The molecule has 0 aliphatic rings. The van der Waals surface area contributed by atoms with Gasteiger partial charge in [-0.3, -0.25) is 0 Å². The lowest BCUT2D eigenvalue weighted by Gasteiger charge is -2.05. The van der Waals surface area contributed by atoms with Gasteiger partial charge >= 0.3 is 0 Å². The van der Waals surface area contributed by atoms with Gasteiger partial charge in [-0.2, -0.15) is 0 Å². The first-order valence-corrected chi connectivity index (χ1v) is 5.95. The molecule has 84 valence electrons. The van der Waals surface area contributed by atoms with E-state index in [0.717, 1.165) is 28.7 Å². The predicted octanol–water partition coefficient (Wildman–Crippen LogP) is 2.06. The van der Waals surface area contributed by atoms with Gasteiger partial charge in [0.25, 0.3) is 0 Å². The molecular weight excluding hydrogens is 268 g/mol. The van der Waals surface area contributed by atoms with Gasteiger partial charge in [0.2, 0.25) is 0 Å². The Kier molecular flexibility index (Phi) is 3.69. The summed E-state index contributed by atoms with van der Waals surface area (Å²) >= 11 is 3.45. The second-order valence-corrected chi connectivity index (χ2v) is 4.41. The van der Waals surface area contributed by atoms with E-state index in [1.54, 1.807) is 6.20 Å². The highest BCUT2D eigenvalue weighted by atomic mass is 79.9. The molecule has 1 heterocycles. The van der Waals surface area contributed by atoms with E-state index < -0.39 is 0 Å². The van der Waals surface area contributed by atoms with Crippen LogP contribution in [0.5, 0.6) is 0 Å². The maximum Gasteiger partial charge on any atom is 0.0885 e. The average Bonchev–Trinajstić information content (AvgIpc) is 2.74. The monoisotopic (exact) mass is 280 g/mol. The van der Waals surface area contributed by atoms with Gasteiger partial charge in [-0.25, -0.2) is 4.68 Å². The molecule has 2 aromatic rings. The second-order valence-electron chi connectivity index (χ2n) is 3.49. The summed E-state index contributed by atoms with van der Waals surface area (Å²) in [6.07, 6.45) is 2.68. The zero-order valence-corrected chi connectivity index (χ0v) is 10.4. The Morgan fingerprint density at radius 2 is 2.25 bits per heavy atom. The molecule has 1 aromatic heterocycles. The minimum Gasteiger partial charge on any atom is -0.330 e. The molecule has 16 heavy (non-hydrogen) atoms. The van der Waals surface area contributed by atoms with Crippen LogP contribution in [0.3, 0.4) is 0 Å². The third-order valence-electron chi connectivity index (χ3n) is 2.31. The van der Waals surface area contributed by atoms with Gasteiger partial charge in [0.15, 0.2) is 0 Å². The Balaban J connectivity index is 2.29. The lowest BCUT2D eigenvalue weighted by atomic mass is 10.2. The Bertz CT molecular complexity index is 467. The average molecular weight is 281 g/mol. The van der Waals surface area contributed by atoms with Crippen LogP contribution in [-0.4, -0.2) is 21.5 Å². The maximum atomic E-state index is 5.49. The van der Waals surface area contributed by atoms with Crippen LogP contribution >= 0.6 is 15.9 Å². The van der Waals surface area contributed by atoms with Crippen LogP contribution in [0.15, 0.2) is 34.9 Å². The summed E-state index contributed by atoms with van der Waals surface area (Å²) in [7, 11) is 0. The fraction of sp³-hybridized carbons (Fsp3) is 0.273. The fourth-order valence-electron chi connectivity index (χ4n) is 1.54. The number of rotatable bonds is 4. The summed E-state index contributed by atoms with van der Waals surface area (Å²) in [5.41, 5.74) is 7.62. The number of halogens is 1. The van der Waals surface area contributed by atoms with Gasteiger partial charge in [-0.1, -0.05) is 33.3 Å². The van der Waals surface area contributed by atoms with Crippen LogP contribution in [0, 0.1) is 0 Å². The van der Waals surface area contributed by atoms with Crippen molar-refractivity contribution in [2.24, 2.45) is 5.73 Å². The Morgan fingerprint density at radius 3 is 3.00 bits per heavy atom. The van der Waals surface area contributed by atoms with Crippen LogP contribution in [0.2, 0.25) is 0 Å². The van der Waals surface area contributed by atoms with Gasteiger partial charge < -0.3 is 5.73 Å². The summed E-state index contributed by atoms with van der Waals surface area (Å²) < 4.78 is 2.94. The first-order chi connectivity index (χ1) is 7.81. The van der Waals surface area contributed by atoms with E-state index in [1.807, 2.05) is 22.9 Å². The summed E-state index contributed by atoms with van der Waals surface area (Å²) in [4.78, 5) is 0. The highest BCUT2D eigenvalue weighted by Crippen LogP contribution is 2.21. The SMILES string of the molecule is NCCCn1nncc1-c1cccc(Br)c1. The van der Waals surface area contributed by atoms with Crippen molar-refractivity contribution in [3.63, 3.8) is 0 Å². The van der Waals surface area contributed by atoms with E-state index in [9.17, 15) is 0 Å². The van der Waals surface area contributed by atoms with Crippen LogP contribution < -0.4 is 5.73 Å². The largest absolute Gasteiger partial charge is 0.330 e. The standard InChI is InChI=1S/C11H13BrN4/c12-10-4-1-3-9(7-10)11-8-14-15-16(11)6-2-5-13/h1,3-4,7-8H,2,5-6,13H2. The minimum absolute atomic E-state index is 0.664. The van der Waals surface area contributed by atoms with Crippen molar-refractivity contribution in [1.29, 1.82) is 0 Å². The molecule has 0 aliphatic carbocycles. The Labute approximate surface area is 103 Å². The molecule has 0 radical (unpaired) electrons. The highest BCUT2D eigenvalue weighted by Gasteiger charge is 2.06. The fourth-order valence-corrected chi connectivity index (χ4v) is 1.93. The van der Waals surface area contributed by atoms with Gasteiger partial charge in [0.05, 0.1) is 11.9 Å². The molecule has 1 aromatic carbocycles. The number of aromatic nitrogens is 3. The van der Waals surface area contributed by atoms with E-state index in [4.69, 9.17) is 5.73 Å². The van der Waals surface area contributed by atoms with Gasteiger partial charge in [0.1, 0.15) is 0 Å². The van der Waals surface area contributed by atoms with Crippen molar-refractivity contribution in [1.82, 2.24) is 15.0 Å². The van der Waals surface area contributed by atoms with Crippen LogP contribution in [0.25, 0.3) is 11.3 Å². The topological polar surface area (TPSA) is 56.7 Å². The molecule has 0 spiro atoms. The number of benzene rings is 1. The van der Waals surface area contributed by atoms with E-state index in [2.05, 4.69) is 32.3 Å². The molecule has 0 atom stereocenters. The lowest BCUT2D eigenvalue weighted by Crippen LogP contribution is -2.08. The van der Waals surface area contributed by atoms with Crippen molar-refractivity contribution < 1.29 is 0 Å². The van der Waals surface area contributed by atoms with Crippen LogP contribution in [0.4, 0.5) is 0 Å². The van der Waals surface area contributed by atoms with E-state index in [1.165, 1.54) is 0 Å². The number of nitrogens with two attached hydrogens (primary N) is 1. The van der Waals surface area contributed by atoms with Crippen LogP contribution in [0.1, 0.15) is 6.42 Å².